The zero-order valence-corrected chi connectivity index (χ0v) is 13.7. The van der Waals surface area contributed by atoms with Crippen molar-refractivity contribution in [3.05, 3.63) is 66.4 Å². The van der Waals surface area contributed by atoms with Gasteiger partial charge in [0.25, 0.3) is 5.91 Å². The molecule has 0 saturated heterocycles. The van der Waals surface area contributed by atoms with Crippen molar-refractivity contribution < 1.29 is 13.9 Å². The van der Waals surface area contributed by atoms with E-state index in [2.05, 4.69) is 20.6 Å². The van der Waals surface area contributed by atoms with Crippen LogP contribution in [0.1, 0.15) is 23.0 Å². The van der Waals surface area contributed by atoms with Gasteiger partial charge in [-0.1, -0.05) is 0 Å². The van der Waals surface area contributed by atoms with E-state index in [9.17, 15) is 4.79 Å². The number of rotatable bonds is 7. The molecule has 3 aromatic rings. The Morgan fingerprint density at radius 3 is 2.56 bits per heavy atom. The molecule has 2 aromatic heterocycles. The van der Waals surface area contributed by atoms with E-state index >= 15 is 0 Å². The van der Waals surface area contributed by atoms with Crippen LogP contribution in [0.25, 0.3) is 0 Å². The first-order chi connectivity index (χ1) is 12.2. The highest BCUT2D eigenvalue weighted by molar-refractivity contribution is 6.03. The van der Waals surface area contributed by atoms with Gasteiger partial charge in [0.1, 0.15) is 11.5 Å². The fraction of sp³-hybridized carbons (Fsp3) is 0.167. The van der Waals surface area contributed by atoms with Crippen LogP contribution >= 0.6 is 0 Å². The number of nitrogens with one attached hydrogen (secondary N) is 2. The molecule has 0 spiro atoms. The fourth-order valence-electron chi connectivity index (χ4n) is 2.12. The van der Waals surface area contributed by atoms with Crippen molar-refractivity contribution in [1.29, 1.82) is 0 Å². The Bertz CT molecular complexity index is 799. The van der Waals surface area contributed by atoms with Crippen LogP contribution in [0, 0.1) is 0 Å². The van der Waals surface area contributed by atoms with Gasteiger partial charge < -0.3 is 19.8 Å². The molecule has 0 radical (unpaired) electrons. The Morgan fingerprint density at radius 1 is 1.16 bits per heavy atom. The third-order valence-electron chi connectivity index (χ3n) is 3.34. The van der Waals surface area contributed by atoms with Crippen LogP contribution in [0.5, 0.6) is 5.75 Å². The number of carbonyl (C=O) groups is 1. The molecular formula is C18H18N4O3. The number of ether oxygens (including phenoxy) is 1. The SMILES string of the molecule is CCOc1ccc(NC(=O)c2cnc(NCc3ccco3)nc2)cc1. The van der Waals surface area contributed by atoms with Gasteiger partial charge in [-0.2, -0.15) is 0 Å². The van der Waals surface area contributed by atoms with E-state index in [1.54, 1.807) is 30.5 Å². The molecule has 25 heavy (non-hydrogen) atoms. The molecule has 0 saturated carbocycles. The summed E-state index contributed by atoms with van der Waals surface area (Å²) in [6.45, 7) is 3.00. The first-order valence-corrected chi connectivity index (χ1v) is 7.87. The first kappa shape index (κ1) is 16.5. The van der Waals surface area contributed by atoms with E-state index in [-0.39, 0.29) is 5.91 Å². The molecule has 128 valence electrons. The summed E-state index contributed by atoms with van der Waals surface area (Å²) in [7, 11) is 0. The third kappa shape index (κ3) is 4.57. The summed E-state index contributed by atoms with van der Waals surface area (Å²) in [6, 6.07) is 10.8. The van der Waals surface area contributed by atoms with E-state index in [0.717, 1.165) is 11.5 Å². The largest absolute Gasteiger partial charge is 0.494 e. The van der Waals surface area contributed by atoms with Gasteiger partial charge in [-0.25, -0.2) is 9.97 Å². The highest BCUT2D eigenvalue weighted by Gasteiger charge is 2.08. The van der Waals surface area contributed by atoms with Crippen molar-refractivity contribution in [1.82, 2.24) is 9.97 Å². The van der Waals surface area contributed by atoms with Gasteiger partial charge in [-0.15, -0.1) is 0 Å². The number of amides is 1. The maximum atomic E-state index is 12.2. The molecule has 0 aliphatic heterocycles. The molecule has 0 atom stereocenters. The Balaban J connectivity index is 1.56. The van der Waals surface area contributed by atoms with E-state index in [4.69, 9.17) is 9.15 Å². The van der Waals surface area contributed by atoms with Crippen molar-refractivity contribution in [3.8, 4) is 5.75 Å². The number of benzene rings is 1. The second kappa shape index (κ2) is 7.96. The summed E-state index contributed by atoms with van der Waals surface area (Å²) in [6.07, 6.45) is 4.55. The second-order valence-corrected chi connectivity index (χ2v) is 5.14. The lowest BCUT2D eigenvalue weighted by atomic mass is 10.2. The Hall–Kier alpha value is -3.35. The number of hydrogen-bond acceptors (Lipinski definition) is 6. The van der Waals surface area contributed by atoms with Gasteiger partial charge in [0.2, 0.25) is 5.95 Å². The van der Waals surface area contributed by atoms with E-state index < -0.39 is 0 Å². The lowest BCUT2D eigenvalue weighted by Gasteiger charge is -2.07. The molecule has 0 bridgehead atoms. The van der Waals surface area contributed by atoms with E-state index in [1.807, 2.05) is 19.1 Å². The predicted octanol–water partition coefficient (Wildman–Crippen LogP) is 3.33. The summed E-state index contributed by atoms with van der Waals surface area (Å²) in [5, 5.41) is 5.81. The smallest absolute Gasteiger partial charge is 0.258 e. The average molecular weight is 338 g/mol. The van der Waals surface area contributed by atoms with Crippen LogP contribution in [-0.2, 0) is 6.54 Å². The normalized spacial score (nSPS) is 10.3. The van der Waals surface area contributed by atoms with Crippen molar-refractivity contribution in [2.75, 3.05) is 17.2 Å². The van der Waals surface area contributed by atoms with Gasteiger partial charge in [-0.3, -0.25) is 4.79 Å². The van der Waals surface area contributed by atoms with Crippen LogP contribution in [0.2, 0.25) is 0 Å². The fourth-order valence-corrected chi connectivity index (χ4v) is 2.12. The van der Waals surface area contributed by atoms with E-state index in [0.29, 0.717) is 30.4 Å². The molecule has 0 aliphatic rings. The Labute approximate surface area is 145 Å². The highest BCUT2D eigenvalue weighted by Crippen LogP contribution is 2.16. The second-order valence-electron chi connectivity index (χ2n) is 5.14. The minimum Gasteiger partial charge on any atom is -0.494 e. The van der Waals surface area contributed by atoms with Gasteiger partial charge in [-0.05, 0) is 43.3 Å². The maximum absolute atomic E-state index is 12.2. The summed E-state index contributed by atoms with van der Waals surface area (Å²) in [5.41, 5.74) is 1.05. The topological polar surface area (TPSA) is 89.3 Å². The number of aromatic nitrogens is 2. The minimum absolute atomic E-state index is 0.276. The van der Waals surface area contributed by atoms with Crippen LogP contribution < -0.4 is 15.4 Å². The molecular weight excluding hydrogens is 320 g/mol. The Kier molecular flexibility index (Phi) is 5.26. The van der Waals surface area contributed by atoms with E-state index in [1.165, 1.54) is 12.4 Å². The highest BCUT2D eigenvalue weighted by atomic mass is 16.5. The average Bonchev–Trinajstić information content (AvgIpc) is 3.16. The van der Waals surface area contributed by atoms with Crippen LogP contribution in [0.4, 0.5) is 11.6 Å². The lowest BCUT2D eigenvalue weighted by molar-refractivity contribution is 0.102. The molecule has 2 N–H and O–H groups in total. The van der Waals surface area contributed by atoms with Crippen molar-refractivity contribution in [2.24, 2.45) is 0 Å². The quantitative estimate of drug-likeness (QED) is 0.687. The van der Waals surface area contributed by atoms with Crippen LogP contribution in [0.15, 0.2) is 59.5 Å². The number of hydrogen-bond donors (Lipinski definition) is 2. The molecule has 7 nitrogen and oxygen atoms in total. The molecule has 2 heterocycles. The summed E-state index contributed by atoms with van der Waals surface area (Å²) < 4.78 is 10.6. The lowest BCUT2D eigenvalue weighted by Crippen LogP contribution is -2.13. The first-order valence-electron chi connectivity index (χ1n) is 7.87. The summed E-state index contributed by atoms with van der Waals surface area (Å²) in [4.78, 5) is 20.5. The molecule has 0 fully saturated rings. The van der Waals surface area contributed by atoms with Gasteiger partial charge in [0, 0.05) is 18.1 Å². The monoisotopic (exact) mass is 338 g/mol. The maximum Gasteiger partial charge on any atom is 0.258 e. The minimum atomic E-state index is -0.276. The third-order valence-corrected chi connectivity index (χ3v) is 3.34. The molecule has 0 unspecified atom stereocenters. The zero-order chi connectivity index (χ0) is 17.5. The number of nitrogens with zero attached hydrogens (tertiary/aromatic N) is 2. The summed E-state index contributed by atoms with van der Waals surface area (Å²) >= 11 is 0. The number of furan rings is 1. The predicted molar refractivity (Wildman–Crippen MR) is 93.6 cm³/mol. The molecule has 0 aliphatic carbocycles. The molecule has 3 rings (SSSR count). The molecule has 7 heteroatoms. The summed E-state index contributed by atoms with van der Waals surface area (Å²) in [5.74, 6) is 1.69. The van der Waals surface area contributed by atoms with Crippen LogP contribution in [0.3, 0.4) is 0 Å². The Morgan fingerprint density at radius 2 is 1.92 bits per heavy atom. The standard InChI is InChI=1S/C18H18N4O3/c1-2-24-15-7-5-14(6-8-15)22-17(23)13-10-19-18(20-11-13)21-12-16-4-3-9-25-16/h3-11H,2,12H2,1H3,(H,22,23)(H,19,20,21). The van der Waals surface area contributed by atoms with Gasteiger partial charge >= 0.3 is 0 Å². The van der Waals surface area contributed by atoms with Gasteiger partial charge in [0.15, 0.2) is 0 Å². The van der Waals surface area contributed by atoms with Crippen LogP contribution in [-0.4, -0.2) is 22.5 Å². The van der Waals surface area contributed by atoms with Crippen molar-refractivity contribution >= 4 is 17.5 Å². The van der Waals surface area contributed by atoms with Gasteiger partial charge in [0.05, 0.1) is 25.0 Å². The molecule has 1 amide bonds. The molecule has 1 aromatic carbocycles. The number of carbonyl (C=O) groups excluding carboxylic acids is 1. The van der Waals surface area contributed by atoms with Crippen molar-refractivity contribution in [2.45, 2.75) is 13.5 Å². The number of anilines is 2. The zero-order valence-electron chi connectivity index (χ0n) is 13.7. The van der Waals surface area contributed by atoms with Crippen molar-refractivity contribution in [3.63, 3.8) is 0 Å².